The maximum absolute atomic E-state index is 11.9. The summed E-state index contributed by atoms with van der Waals surface area (Å²) in [6, 6.07) is 3.01. The quantitative estimate of drug-likeness (QED) is 0.844. The van der Waals surface area contributed by atoms with E-state index in [9.17, 15) is 8.42 Å². The van der Waals surface area contributed by atoms with Crippen LogP contribution in [0.2, 0.25) is 0 Å². The highest BCUT2D eigenvalue weighted by Crippen LogP contribution is 2.11. The van der Waals surface area contributed by atoms with E-state index in [0.29, 0.717) is 0 Å². The van der Waals surface area contributed by atoms with E-state index < -0.39 is 10.0 Å². The highest BCUT2D eigenvalue weighted by molar-refractivity contribution is 9.09. The lowest BCUT2D eigenvalue weighted by atomic mass is 10.1. The Kier molecular flexibility index (Phi) is 4.89. The first-order valence-electron chi connectivity index (χ1n) is 4.95. The van der Waals surface area contributed by atoms with E-state index in [1.54, 1.807) is 12.3 Å². The molecule has 2 atom stereocenters. The SMILES string of the molecule is CC(CBr)C(C)NS(=O)(=O)c1cccnc1. The molecule has 0 fully saturated rings. The average molecular weight is 307 g/mol. The molecule has 1 N–H and O–H groups in total. The van der Waals surface area contributed by atoms with E-state index >= 15 is 0 Å². The molecular formula is C10H15BrN2O2S. The molecule has 0 radical (unpaired) electrons. The first-order chi connectivity index (χ1) is 7.47. The fourth-order valence-corrected chi connectivity index (χ4v) is 2.94. The highest BCUT2D eigenvalue weighted by atomic mass is 79.9. The Morgan fingerprint density at radius 3 is 2.69 bits per heavy atom. The fourth-order valence-electron chi connectivity index (χ4n) is 1.07. The Hall–Kier alpha value is -0.460. The zero-order valence-corrected chi connectivity index (χ0v) is 11.6. The Balaban J connectivity index is 2.81. The molecule has 2 unspecified atom stereocenters. The standard InChI is InChI=1S/C10H15BrN2O2S/c1-8(6-11)9(2)13-16(14,15)10-4-3-5-12-7-10/h3-5,7-9,13H,6H2,1-2H3. The molecule has 6 heteroatoms. The molecule has 16 heavy (non-hydrogen) atoms. The molecule has 0 aliphatic carbocycles. The maximum Gasteiger partial charge on any atom is 0.242 e. The van der Waals surface area contributed by atoms with Gasteiger partial charge in [0.25, 0.3) is 0 Å². The van der Waals surface area contributed by atoms with Crippen molar-refractivity contribution >= 4 is 26.0 Å². The summed E-state index contributed by atoms with van der Waals surface area (Å²) in [6.07, 6.45) is 2.89. The van der Waals surface area contributed by atoms with Crippen LogP contribution in [0.5, 0.6) is 0 Å². The summed E-state index contributed by atoms with van der Waals surface area (Å²) in [4.78, 5) is 3.99. The second kappa shape index (κ2) is 5.75. The molecule has 1 rings (SSSR count). The van der Waals surface area contributed by atoms with Crippen molar-refractivity contribution in [1.29, 1.82) is 0 Å². The number of hydrogen-bond acceptors (Lipinski definition) is 3. The van der Waals surface area contributed by atoms with Gasteiger partial charge in [-0.25, -0.2) is 13.1 Å². The van der Waals surface area contributed by atoms with Crippen molar-refractivity contribution in [1.82, 2.24) is 9.71 Å². The van der Waals surface area contributed by atoms with E-state index in [2.05, 4.69) is 25.6 Å². The number of halogens is 1. The molecule has 0 bridgehead atoms. The summed E-state index contributed by atoms with van der Waals surface area (Å²) in [6.45, 7) is 3.82. The third-order valence-electron chi connectivity index (χ3n) is 2.38. The van der Waals surface area contributed by atoms with Crippen molar-refractivity contribution in [2.24, 2.45) is 5.92 Å². The van der Waals surface area contributed by atoms with Crippen molar-refractivity contribution < 1.29 is 8.42 Å². The predicted octanol–water partition coefficient (Wildman–Crippen LogP) is 1.78. The van der Waals surface area contributed by atoms with Crippen LogP contribution in [-0.4, -0.2) is 24.8 Å². The van der Waals surface area contributed by atoms with E-state index in [1.165, 1.54) is 12.3 Å². The largest absolute Gasteiger partial charge is 0.263 e. The molecule has 0 saturated carbocycles. The first-order valence-corrected chi connectivity index (χ1v) is 7.56. The average Bonchev–Trinajstić information content (AvgIpc) is 2.28. The van der Waals surface area contributed by atoms with Crippen molar-refractivity contribution in [2.45, 2.75) is 24.8 Å². The van der Waals surface area contributed by atoms with Gasteiger partial charge in [-0.2, -0.15) is 0 Å². The van der Waals surface area contributed by atoms with Crippen LogP contribution in [0, 0.1) is 5.92 Å². The first kappa shape index (κ1) is 13.6. The van der Waals surface area contributed by atoms with Crippen LogP contribution in [0.4, 0.5) is 0 Å². The summed E-state index contributed by atoms with van der Waals surface area (Å²) in [5, 5.41) is 0.754. The van der Waals surface area contributed by atoms with E-state index in [0.717, 1.165) is 5.33 Å². The Morgan fingerprint density at radius 2 is 2.19 bits per heavy atom. The molecular weight excluding hydrogens is 292 g/mol. The Bertz CT molecular complexity index is 422. The van der Waals surface area contributed by atoms with Gasteiger partial charge < -0.3 is 0 Å². The van der Waals surface area contributed by atoms with Crippen LogP contribution in [-0.2, 0) is 10.0 Å². The Labute approximate surface area is 105 Å². The normalized spacial score (nSPS) is 15.7. The minimum absolute atomic E-state index is 0.121. The molecule has 90 valence electrons. The number of pyridine rings is 1. The van der Waals surface area contributed by atoms with Crippen molar-refractivity contribution in [2.75, 3.05) is 5.33 Å². The van der Waals surface area contributed by atoms with Crippen LogP contribution in [0.1, 0.15) is 13.8 Å². The molecule has 0 aliphatic rings. The third kappa shape index (κ3) is 3.54. The number of rotatable bonds is 5. The van der Waals surface area contributed by atoms with Gasteiger partial charge >= 0.3 is 0 Å². The topological polar surface area (TPSA) is 59.1 Å². The van der Waals surface area contributed by atoms with Crippen LogP contribution in [0.15, 0.2) is 29.4 Å². The zero-order valence-electron chi connectivity index (χ0n) is 9.22. The maximum atomic E-state index is 11.9. The molecule has 0 saturated heterocycles. The summed E-state index contributed by atoms with van der Waals surface area (Å²) in [7, 11) is -3.45. The number of aromatic nitrogens is 1. The number of alkyl halides is 1. The molecule has 0 amide bonds. The van der Waals surface area contributed by atoms with E-state index in [4.69, 9.17) is 0 Å². The van der Waals surface area contributed by atoms with Gasteiger partial charge in [0.15, 0.2) is 0 Å². The summed E-state index contributed by atoms with van der Waals surface area (Å²) >= 11 is 3.33. The highest BCUT2D eigenvalue weighted by Gasteiger charge is 2.20. The van der Waals surface area contributed by atoms with Gasteiger partial charge in [-0.15, -0.1) is 0 Å². The van der Waals surface area contributed by atoms with Gasteiger partial charge in [-0.1, -0.05) is 22.9 Å². The van der Waals surface area contributed by atoms with Gasteiger partial charge in [0.1, 0.15) is 4.90 Å². The number of hydrogen-bond donors (Lipinski definition) is 1. The fraction of sp³-hybridized carbons (Fsp3) is 0.500. The van der Waals surface area contributed by atoms with E-state index in [-0.39, 0.29) is 16.9 Å². The van der Waals surface area contributed by atoms with Crippen molar-refractivity contribution in [3.8, 4) is 0 Å². The second-order valence-electron chi connectivity index (χ2n) is 3.73. The molecule has 1 aromatic heterocycles. The molecule has 0 spiro atoms. The smallest absolute Gasteiger partial charge is 0.242 e. The molecule has 1 heterocycles. The minimum Gasteiger partial charge on any atom is -0.263 e. The lowest BCUT2D eigenvalue weighted by Crippen LogP contribution is -2.37. The van der Waals surface area contributed by atoms with Gasteiger partial charge in [-0.3, -0.25) is 4.98 Å². The van der Waals surface area contributed by atoms with Gasteiger partial charge in [0, 0.05) is 23.8 Å². The monoisotopic (exact) mass is 306 g/mol. The minimum atomic E-state index is -3.45. The molecule has 4 nitrogen and oxygen atoms in total. The van der Waals surface area contributed by atoms with Crippen LogP contribution in [0.3, 0.4) is 0 Å². The van der Waals surface area contributed by atoms with Crippen LogP contribution in [0.25, 0.3) is 0 Å². The molecule has 0 aromatic carbocycles. The van der Waals surface area contributed by atoms with Gasteiger partial charge in [-0.05, 0) is 25.0 Å². The second-order valence-corrected chi connectivity index (χ2v) is 6.09. The summed E-state index contributed by atoms with van der Waals surface area (Å²) in [5.41, 5.74) is 0. The lowest BCUT2D eigenvalue weighted by molar-refractivity contribution is 0.484. The predicted molar refractivity (Wildman–Crippen MR) is 67.0 cm³/mol. The van der Waals surface area contributed by atoms with Gasteiger partial charge in [0.2, 0.25) is 10.0 Å². The van der Waals surface area contributed by atoms with Crippen LogP contribution >= 0.6 is 15.9 Å². The number of sulfonamides is 1. The lowest BCUT2D eigenvalue weighted by Gasteiger charge is -2.18. The zero-order chi connectivity index (χ0) is 12.2. The molecule has 1 aromatic rings. The Morgan fingerprint density at radius 1 is 1.50 bits per heavy atom. The number of nitrogens with one attached hydrogen (secondary N) is 1. The third-order valence-corrected chi connectivity index (χ3v) is 4.95. The summed E-state index contributed by atoms with van der Waals surface area (Å²) < 4.78 is 26.4. The van der Waals surface area contributed by atoms with Gasteiger partial charge in [0.05, 0.1) is 0 Å². The molecule has 0 aliphatic heterocycles. The van der Waals surface area contributed by atoms with Crippen molar-refractivity contribution in [3.05, 3.63) is 24.5 Å². The van der Waals surface area contributed by atoms with E-state index in [1.807, 2.05) is 13.8 Å². The van der Waals surface area contributed by atoms with Crippen molar-refractivity contribution in [3.63, 3.8) is 0 Å². The number of nitrogens with zero attached hydrogens (tertiary/aromatic N) is 1. The summed E-state index contributed by atoms with van der Waals surface area (Å²) in [5.74, 6) is 0.228. The van der Waals surface area contributed by atoms with Crippen LogP contribution < -0.4 is 4.72 Å².